The molecular weight excluding hydrogens is 261 g/mol. The number of alkyl halides is 3. The Kier molecular flexibility index (Phi) is 7.06. The van der Waals surface area contributed by atoms with Gasteiger partial charge in [0.15, 0.2) is 0 Å². The van der Waals surface area contributed by atoms with Crippen molar-refractivity contribution in [2.24, 2.45) is 0 Å². The maximum atomic E-state index is 11.9. The van der Waals surface area contributed by atoms with E-state index < -0.39 is 12.8 Å². The van der Waals surface area contributed by atoms with Gasteiger partial charge in [0.1, 0.15) is 6.61 Å². The van der Waals surface area contributed by atoms with Crippen molar-refractivity contribution in [1.82, 2.24) is 9.80 Å². The molecule has 0 aromatic rings. The van der Waals surface area contributed by atoms with Gasteiger partial charge in [0.2, 0.25) is 0 Å². The fourth-order valence-electron chi connectivity index (χ4n) is 2.20. The van der Waals surface area contributed by atoms with Gasteiger partial charge in [0.25, 0.3) is 0 Å². The van der Waals surface area contributed by atoms with Gasteiger partial charge in [-0.05, 0) is 6.92 Å². The molecule has 0 aromatic heterocycles. The number of rotatable bonds is 7. The highest BCUT2D eigenvalue weighted by Gasteiger charge is 2.28. The van der Waals surface area contributed by atoms with Crippen LogP contribution in [0.25, 0.3) is 0 Å². The lowest BCUT2D eigenvalue weighted by molar-refractivity contribution is -0.174. The maximum absolute atomic E-state index is 11.9. The number of nitrogens with zero attached hydrogens (tertiary/aromatic N) is 2. The Morgan fingerprint density at radius 2 is 1.89 bits per heavy atom. The molecule has 1 saturated heterocycles. The average molecular weight is 284 g/mol. The van der Waals surface area contributed by atoms with Crippen molar-refractivity contribution < 1.29 is 22.6 Å². The Balaban J connectivity index is 2.14. The molecule has 0 aliphatic carbocycles. The molecule has 0 amide bonds. The average Bonchev–Trinajstić information content (AvgIpc) is 2.32. The number of ether oxygens (including phenoxy) is 2. The van der Waals surface area contributed by atoms with E-state index in [9.17, 15) is 13.2 Å². The molecule has 19 heavy (non-hydrogen) atoms. The van der Waals surface area contributed by atoms with Gasteiger partial charge in [-0.3, -0.25) is 9.80 Å². The van der Waals surface area contributed by atoms with Crippen LogP contribution in [0.15, 0.2) is 0 Å². The summed E-state index contributed by atoms with van der Waals surface area (Å²) >= 11 is 0. The SMILES string of the molecule is COCCN1CCN(CCOCC(F)(F)F)C[C@H]1C. The molecule has 1 aliphatic rings. The lowest BCUT2D eigenvalue weighted by Gasteiger charge is -2.39. The molecule has 1 rings (SSSR count). The fourth-order valence-corrected chi connectivity index (χ4v) is 2.20. The summed E-state index contributed by atoms with van der Waals surface area (Å²) in [4.78, 5) is 4.47. The Morgan fingerprint density at radius 1 is 1.16 bits per heavy atom. The van der Waals surface area contributed by atoms with E-state index in [-0.39, 0.29) is 6.61 Å². The first kappa shape index (κ1) is 16.7. The van der Waals surface area contributed by atoms with Crippen LogP contribution in [-0.2, 0) is 9.47 Å². The number of halogens is 3. The predicted molar refractivity (Wildman–Crippen MR) is 66.2 cm³/mol. The van der Waals surface area contributed by atoms with E-state index in [0.29, 0.717) is 19.2 Å². The van der Waals surface area contributed by atoms with Crippen molar-refractivity contribution in [3.8, 4) is 0 Å². The van der Waals surface area contributed by atoms with Crippen LogP contribution >= 0.6 is 0 Å². The summed E-state index contributed by atoms with van der Waals surface area (Å²) in [5, 5.41) is 0. The van der Waals surface area contributed by atoms with Gasteiger partial charge in [0, 0.05) is 45.9 Å². The van der Waals surface area contributed by atoms with Crippen LogP contribution in [0, 0.1) is 0 Å². The van der Waals surface area contributed by atoms with E-state index in [0.717, 1.165) is 26.2 Å². The number of methoxy groups -OCH3 is 1. The summed E-state index contributed by atoms with van der Waals surface area (Å²) in [6, 6.07) is 0.395. The normalized spacial score (nSPS) is 22.9. The summed E-state index contributed by atoms with van der Waals surface area (Å²) in [6.07, 6.45) is -4.23. The first-order chi connectivity index (χ1) is 8.92. The van der Waals surface area contributed by atoms with Gasteiger partial charge < -0.3 is 9.47 Å². The molecule has 1 heterocycles. The number of hydrogen-bond acceptors (Lipinski definition) is 4. The van der Waals surface area contributed by atoms with Crippen LogP contribution in [0.5, 0.6) is 0 Å². The standard InChI is InChI=1S/C12H23F3N2O2/c1-11-9-16(3-4-17(11)6-7-18-2)5-8-19-10-12(13,14)15/h11H,3-10H2,1-2H3/t11-/m1/s1. The van der Waals surface area contributed by atoms with E-state index in [1.165, 1.54) is 0 Å². The molecule has 4 nitrogen and oxygen atoms in total. The van der Waals surface area contributed by atoms with Crippen molar-refractivity contribution in [2.75, 3.05) is 59.7 Å². The minimum atomic E-state index is -4.23. The maximum Gasteiger partial charge on any atom is 0.411 e. The second-order valence-electron chi connectivity index (χ2n) is 4.85. The van der Waals surface area contributed by atoms with Crippen LogP contribution < -0.4 is 0 Å². The van der Waals surface area contributed by atoms with Crippen LogP contribution in [-0.4, -0.2) is 81.7 Å². The summed E-state index contributed by atoms with van der Waals surface area (Å²) in [5.41, 5.74) is 0. The molecule has 114 valence electrons. The molecule has 0 bridgehead atoms. The van der Waals surface area contributed by atoms with Gasteiger partial charge in [-0.25, -0.2) is 0 Å². The molecule has 0 unspecified atom stereocenters. The smallest absolute Gasteiger partial charge is 0.383 e. The molecule has 7 heteroatoms. The van der Waals surface area contributed by atoms with Crippen LogP contribution in [0.2, 0.25) is 0 Å². The zero-order chi connectivity index (χ0) is 14.3. The second kappa shape index (κ2) is 8.04. The van der Waals surface area contributed by atoms with Crippen molar-refractivity contribution in [3.63, 3.8) is 0 Å². The van der Waals surface area contributed by atoms with E-state index in [4.69, 9.17) is 4.74 Å². The van der Waals surface area contributed by atoms with Crippen molar-refractivity contribution in [2.45, 2.75) is 19.1 Å². The first-order valence-electron chi connectivity index (χ1n) is 6.52. The minimum absolute atomic E-state index is 0.129. The molecule has 0 radical (unpaired) electrons. The van der Waals surface area contributed by atoms with Gasteiger partial charge in [-0.2, -0.15) is 13.2 Å². The van der Waals surface area contributed by atoms with Gasteiger partial charge in [-0.15, -0.1) is 0 Å². The van der Waals surface area contributed by atoms with Crippen LogP contribution in [0.1, 0.15) is 6.92 Å². The molecule has 1 fully saturated rings. The Labute approximate surface area is 112 Å². The van der Waals surface area contributed by atoms with Crippen molar-refractivity contribution in [1.29, 1.82) is 0 Å². The van der Waals surface area contributed by atoms with Gasteiger partial charge >= 0.3 is 6.18 Å². The van der Waals surface area contributed by atoms with E-state index >= 15 is 0 Å². The zero-order valence-electron chi connectivity index (χ0n) is 11.6. The molecule has 0 spiro atoms. The van der Waals surface area contributed by atoms with Gasteiger partial charge in [0.05, 0.1) is 13.2 Å². The first-order valence-corrected chi connectivity index (χ1v) is 6.52. The molecule has 1 atom stereocenters. The van der Waals surface area contributed by atoms with Crippen molar-refractivity contribution >= 4 is 0 Å². The van der Waals surface area contributed by atoms with E-state index in [1.54, 1.807) is 7.11 Å². The highest BCUT2D eigenvalue weighted by Crippen LogP contribution is 2.14. The topological polar surface area (TPSA) is 24.9 Å². The Bertz CT molecular complexity index is 252. The lowest BCUT2D eigenvalue weighted by atomic mass is 10.2. The fraction of sp³-hybridized carbons (Fsp3) is 1.00. The number of piperazine rings is 1. The molecule has 0 saturated carbocycles. The van der Waals surface area contributed by atoms with E-state index in [1.807, 2.05) is 0 Å². The second-order valence-corrected chi connectivity index (χ2v) is 4.85. The minimum Gasteiger partial charge on any atom is -0.383 e. The van der Waals surface area contributed by atoms with Crippen LogP contribution in [0.4, 0.5) is 13.2 Å². The highest BCUT2D eigenvalue weighted by molar-refractivity contribution is 4.78. The Morgan fingerprint density at radius 3 is 2.47 bits per heavy atom. The third-order valence-corrected chi connectivity index (χ3v) is 3.25. The molecule has 0 aromatic carbocycles. The highest BCUT2D eigenvalue weighted by atomic mass is 19.4. The van der Waals surface area contributed by atoms with Crippen molar-refractivity contribution in [3.05, 3.63) is 0 Å². The summed E-state index contributed by atoms with van der Waals surface area (Å²) in [5.74, 6) is 0. The quantitative estimate of drug-likeness (QED) is 0.656. The summed E-state index contributed by atoms with van der Waals surface area (Å²) in [7, 11) is 1.68. The lowest BCUT2D eigenvalue weighted by Crippen LogP contribution is -2.53. The third kappa shape index (κ3) is 7.10. The monoisotopic (exact) mass is 284 g/mol. The zero-order valence-corrected chi connectivity index (χ0v) is 11.6. The summed E-state index contributed by atoms with van der Waals surface area (Å²) in [6.45, 7) is 5.90. The number of hydrogen-bond donors (Lipinski definition) is 0. The summed E-state index contributed by atoms with van der Waals surface area (Å²) < 4.78 is 45.4. The molecule has 1 aliphatic heterocycles. The Hall–Kier alpha value is -0.370. The van der Waals surface area contributed by atoms with E-state index in [2.05, 4.69) is 21.5 Å². The van der Waals surface area contributed by atoms with Crippen LogP contribution in [0.3, 0.4) is 0 Å². The molecule has 0 N–H and O–H groups in total. The van der Waals surface area contributed by atoms with Gasteiger partial charge in [-0.1, -0.05) is 0 Å². The molecular formula is C12H23F3N2O2. The third-order valence-electron chi connectivity index (χ3n) is 3.25. The predicted octanol–water partition coefficient (Wildman–Crippen LogP) is 1.22. The largest absolute Gasteiger partial charge is 0.411 e.